The van der Waals surface area contributed by atoms with Crippen LogP contribution in [0, 0.1) is 0 Å². The second-order valence-electron chi connectivity index (χ2n) is 13.6. The van der Waals surface area contributed by atoms with Gasteiger partial charge in [-0.3, -0.25) is 0 Å². The van der Waals surface area contributed by atoms with Gasteiger partial charge >= 0.3 is 0 Å². The van der Waals surface area contributed by atoms with Crippen molar-refractivity contribution in [3.8, 4) is 78.7 Å². The first kappa shape index (κ1) is 32.2. The highest BCUT2D eigenvalue weighted by Gasteiger charge is 2.19. The zero-order valence-corrected chi connectivity index (χ0v) is 29.8. The Kier molecular flexibility index (Phi) is 8.12. The van der Waals surface area contributed by atoms with Crippen molar-refractivity contribution in [3.05, 3.63) is 200 Å². The molecule has 0 radical (unpaired) electrons. The number of hydrogen-bond donors (Lipinski definition) is 0. The van der Waals surface area contributed by atoms with Crippen molar-refractivity contribution in [3.63, 3.8) is 0 Å². The Bertz CT molecular complexity index is 2970. The number of hydrogen-bond acceptors (Lipinski definition) is 4. The lowest BCUT2D eigenvalue weighted by Gasteiger charge is -2.14. The summed E-state index contributed by atoms with van der Waals surface area (Å²) in [4.78, 5) is 15.7. The highest BCUT2D eigenvalue weighted by molar-refractivity contribution is 6.09. The lowest BCUT2D eigenvalue weighted by Crippen LogP contribution is -2.02. The van der Waals surface area contributed by atoms with Crippen LogP contribution < -0.4 is 0 Å². The summed E-state index contributed by atoms with van der Waals surface area (Å²) in [6, 6.07) is 69.2. The Morgan fingerprint density at radius 1 is 0.273 bits per heavy atom. The van der Waals surface area contributed by atoms with E-state index in [0.29, 0.717) is 17.5 Å². The maximum absolute atomic E-state index is 6.44. The van der Waals surface area contributed by atoms with Crippen molar-refractivity contribution in [2.45, 2.75) is 0 Å². The molecular formula is C51H33N3O. The maximum atomic E-state index is 6.44. The molecule has 0 fully saturated rings. The number of rotatable bonds is 7. The standard InChI is InChI=1S/C51H33N3O/c1-3-15-34(16-4-1)35-29-31-37(32-30-35)41-22-8-10-25-46(41)51-53-49(52-50(54-51)45-24-9-7-21-40(45)36-17-5-2-6-18-36)39-20-13-19-38(33-39)42-26-14-27-44-43-23-11-12-28-47(43)55-48(42)44/h1-33H. The van der Waals surface area contributed by atoms with E-state index in [1.165, 1.54) is 11.1 Å². The Labute approximate surface area is 319 Å². The molecule has 8 aromatic carbocycles. The predicted octanol–water partition coefficient (Wildman–Crippen LogP) is 13.4. The van der Waals surface area contributed by atoms with E-state index < -0.39 is 0 Å². The summed E-state index contributed by atoms with van der Waals surface area (Å²) in [5, 5.41) is 2.20. The number of furan rings is 1. The van der Waals surface area contributed by atoms with Crippen molar-refractivity contribution >= 4 is 21.9 Å². The summed E-state index contributed by atoms with van der Waals surface area (Å²) in [5.41, 5.74) is 13.2. The van der Waals surface area contributed by atoms with Gasteiger partial charge in [-0.15, -0.1) is 0 Å². The maximum Gasteiger partial charge on any atom is 0.164 e. The van der Waals surface area contributed by atoms with Gasteiger partial charge in [-0.1, -0.05) is 188 Å². The number of fused-ring (bicyclic) bond motifs is 3. The van der Waals surface area contributed by atoms with Gasteiger partial charge in [0, 0.05) is 33.0 Å². The fourth-order valence-corrected chi connectivity index (χ4v) is 7.50. The van der Waals surface area contributed by atoms with Crippen molar-refractivity contribution < 1.29 is 4.42 Å². The predicted molar refractivity (Wildman–Crippen MR) is 225 cm³/mol. The van der Waals surface area contributed by atoms with Gasteiger partial charge in [0.1, 0.15) is 11.2 Å². The molecule has 0 saturated carbocycles. The normalized spacial score (nSPS) is 11.3. The summed E-state index contributed by atoms with van der Waals surface area (Å²) in [5.74, 6) is 1.81. The summed E-state index contributed by atoms with van der Waals surface area (Å²) in [7, 11) is 0. The molecule has 2 aromatic heterocycles. The van der Waals surface area contributed by atoms with Crippen molar-refractivity contribution in [1.29, 1.82) is 0 Å². The van der Waals surface area contributed by atoms with Crippen molar-refractivity contribution in [1.82, 2.24) is 15.0 Å². The summed E-state index contributed by atoms with van der Waals surface area (Å²) in [6.07, 6.45) is 0. The Morgan fingerprint density at radius 2 is 0.709 bits per heavy atom. The molecule has 4 heteroatoms. The van der Waals surface area contributed by atoms with Crippen molar-refractivity contribution in [2.75, 3.05) is 0 Å². The molecule has 0 aliphatic carbocycles. The Balaban J connectivity index is 1.14. The fraction of sp³-hybridized carbons (Fsp3) is 0. The first-order valence-corrected chi connectivity index (χ1v) is 18.4. The Morgan fingerprint density at radius 3 is 1.40 bits per heavy atom. The average molecular weight is 704 g/mol. The lowest BCUT2D eigenvalue weighted by atomic mass is 9.96. The highest BCUT2D eigenvalue weighted by Crippen LogP contribution is 2.39. The highest BCUT2D eigenvalue weighted by atomic mass is 16.3. The second kappa shape index (κ2) is 13.8. The first-order valence-electron chi connectivity index (χ1n) is 18.4. The van der Waals surface area contributed by atoms with Crippen LogP contribution >= 0.6 is 0 Å². The molecule has 4 nitrogen and oxygen atoms in total. The second-order valence-corrected chi connectivity index (χ2v) is 13.6. The van der Waals surface area contributed by atoms with Gasteiger partial charge in [0.15, 0.2) is 17.5 Å². The first-order chi connectivity index (χ1) is 27.3. The van der Waals surface area contributed by atoms with Crippen molar-refractivity contribution in [2.24, 2.45) is 0 Å². The monoisotopic (exact) mass is 703 g/mol. The van der Waals surface area contributed by atoms with Gasteiger partial charge in [0.25, 0.3) is 0 Å². The molecular weight excluding hydrogens is 671 g/mol. The van der Waals surface area contributed by atoms with Crippen LogP contribution in [0.5, 0.6) is 0 Å². The quantitative estimate of drug-likeness (QED) is 0.166. The minimum absolute atomic E-state index is 0.593. The molecule has 0 bridgehead atoms. The van der Waals surface area contributed by atoms with Crippen LogP contribution in [0.2, 0.25) is 0 Å². The van der Waals surface area contributed by atoms with Crippen LogP contribution in [0.15, 0.2) is 205 Å². The molecule has 10 aromatic rings. The minimum atomic E-state index is 0.593. The van der Waals surface area contributed by atoms with Crippen LogP contribution in [0.3, 0.4) is 0 Å². The topological polar surface area (TPSA) is 51.8 Å². The van der Waals surface area contributed by atoms with Gasteiger partial charge in [-0.2, -0.15) is 0 Å². The van der Waals surface area contributed by atoms with Crippen LogP contribution in [-0.2, 0) is 0 Å². The van der Waals surface area contributed by atoms with Crippen LogP contribution in [0.4, 0.5) is 0 Å². The van der Waals surface area contributed by atoms with E-state index in [1.807, 2.05) is 42.5 Å². The van der Waals surface area contributed by atoms with Gasteiger partial charge in [0.2, 0.25) is 0 Å². The van der Waals surface area contributed by atoms with Gasteiger partial charge in [-0.05, 0) is 51.1 Å². The summed E-state index contributed by atoms with van der Waals surface area (Å²) in [6.45, 7) is 0. The molecule has 2 heterocycles. The third kappa shape index (κ3) is 6.06. The van der Waals surface area contributed by atoms with Gasteiger partial charge in [-0.25, -0.2) is 15.0 Å². The largest absolute Gasteiger partial charge is 0.455 e. The van der Waals surface area contributed by atoms with Crippen LogP contribution in [0.25, 0.3) is 101 Å². The van der Waals surface area contributed by atoms with E-state index in [-0.39, 0.29) is 0 Å². The SMILES string of the molecule is c1ccc(-c2ccc(-c3ccccc3-c3nc(-c4cccc(-c5cccc6c5oc5ccccc56)c4)nc(-c4ccccc4-c4ccccc4)n3)cc2)cc1. The zero-order valence-electron chi connectivity index (χ0n) is 29.8. The van der Waals surface area contributed by atoms with E-state index in [4.69, 9.17) is 19.4 Å². The van der Waals surface area contributed by atoms with E-state index in [2.05, 4.69) is 158 Å². The molecule has 0 unspecified atom stereocenters. The molecule has 0 aliphatic rings. The van der Waals surface area contributed by atoms with E-state index >= 15 is 0 Å². The fourth-order valence-electron chi connectivity index (χ4n) is 7.50. The van der Waals surface area contributed by atoms with E-state index in [1.54, 1.807) is 0 Å². The van der Waals surface area contributed by atoms with Crippen LogP contribution in [0.1, 0.15) is 0 Å². The number of benzene rings is 8. The minimum Gasteiger partial charge on any atom is -0.455 e. The summed E-state index contributed by atoms with van der Waals surface area (Å²) >= 11 is 0. The molecule has 0 N–H and O–H groups in total. The van der Waals surface area contributed by atoms with Gasteiger partial charge in [0.05, 0.1) is 0 Å². The molecule has 258 valence electrons. The molecule has 10 rings (SSSR count). The summed E-state index contributed by atoms with van der Waals surface area (Å²) < 4.78 is 6.44. The number of nitrogens with zero attached hydrogens (tertiary/aromatic N) is 3. The number of aromatic nitrogens is 3. The average Bonchev–Trinajstić information content (AvgIpc) is 3.66. The van der Waals surface area contributed by atoms with E-state index in [0.717, 1.165) is 72.0 Å². The van der Waals surface area contributed by atoms with Crippen LogP contribution in [-0.4, -0.2) is 15.0 Å². The zero-order chi connectivity index (χ0) is 36.6. The molecule has 0 spiro atoms. The molecule has 55 heavy (non-hydrogen) atoms. The third-order valence-corrected chi connectivity index (χ3v) is 10.2. The lowest BCUT2D eigenvalue weighted by molar-refractivity contribution is 0.670. The molecule has 0 amide bonds. The number of para-hydroxylation sites is 2. The third-order valence-electron chi connectivity index (χ3n) is 10.2. The Hall–Kier alpha value is -7.43. The molecule has 0 aliphatic heterocycles. The van der Waals surface area contributed by atoms with Gasteiger partial charge < -0.3 is 4.42 Å². The smallest absolute Gasteiger partial charge is 0.164 e. The van der Waals surface area contributed by atoms with E-state index in [9.17, 15) is 0 Å². The molecule has 0 atom stereocenters. The molecule has 0 saturated heterocycles.